The van der Waals surface area contributed by atoms with Crippen molar-refractivity contribution >= 4 is 11.6 Å². The molecule has 2 heteroatoms. The summed E-state index contributed by atoms with van der Waals surface area (Å²) < 4.78 is 13.1. The van der Waals surface area contributed by atoms with Crippen molar-refractivity contribution in [3.05, 3.63) is 83.6 Å². The van der Waals surface area contributed by atoms with Gasteiger partial charge >= 0.3 is 0 Å². The van der Waals surface area contributed by atoms with Crippen LogP contribution in [0.1, 0.15) is 0 Å². The molecule has 0 saturated carbocycles. The Labute approximate surface area is 122 Å². The number of halogens is 2. The Balaban J connectivity index is 2.22. The third kappa shape index (κ3) is 2.45. The van der Waals surface area contributed by atoms with Gasteiger partial charge in [0.05, 0.1) is 0 Å². The largest absolute Gasteiger partial charge is 0.207 e. The molecular formula is C18H12ClF. The second-order valence-corrected chi connectivity index (χ2v) is 4.94. The fourth-order valence-corrected chi connectivity index (χ4v) is 2.58. The van der Waals surface area contributed by atoms with E-state index in [2.05, 4.69) is 0 Å². The zero-order valence-corrected chi connectivity index (χ0v) is 11.4. The topological polar surface area (TPSA) is 0 Å². The summed E-state index contributed by atoms with van der Waals surface area (Å²) in [5.41, 5.74) is 3.98. The zero-order chi connectivity index (χ0) is 13.9. The number of benzene rings is 3. The molecule has 3 rings (SSSR count). The van der Waals surface area contributed by atoms with Gasteiger partial charge in [0.15, 0.2) is 0 Å². The van der Waals surface area contributed by atoms with E-state index in [1.54, 1.807) is 12.1 Å². The molecule has 0 amide bonds. The average Bonchev–Trinajstić information content (AvgIpc) is 2.49. The maximum Gasteiger partial charge on any atom is 0.123 e. The van der Waals surface area contributed by atoms with Crippen molar-refractivity contribution in [2.45, 2.75) is 0 Å². The average molecular weight is 283 g/mol. The first-order chi connectivity index (χ1) is 9.75. The van der Waals surface area contributed by atoms with Crippen LogP contribution in [0.3, 0.4) is 0 Å². The molecule has 3 aromatic carbocycles. The van der Waals surface area contributed by atoms with Crippen LogP contribution in [0, 0.1) is 5.82 Å². The van der Waals surface area contributed by atoms with Crippen LogP contribution in [0.25, 0.3) is 22.3 Å². The molecule has 0 N–H and O–H groups in total. The van der Waals surface area contributed by atoms with Crippen LogP contribution < -0.4 is 0 Å². The van der Waals surface area contributed by atoms with Crippen LogP contribution in [0.5, 0.6) is 0 Å². The monoisotopic (exact) mass is 282 g/mol. The Morgan fingerprint density at radius 3 is 2.05 bits per heavy atom. The highest BCUT2D eigenvalue weighted by atomic mass is 35.5. The van der Waals surface area contributed by atoms with Crippen molar-refractivity contribution in [3.8, 4) is 22.3 Å². The Bertz CT molecular complexity index is 718. The summed E-state index contributed by atoms with van der Waals surface area (Å²) in [6.45, 7) is 0. The lowest BCUT2D eigenvalue weighted by Crippen LogP contribution is -1.87. The maximum atomic E-state index is 13.1. The van der Waals surface area contributed by atoms with Crippen molar-refractivity contribution < 1.29 is 4.39 Å². The molecule has 0 nitrogen and oxygen atoms in total. The lowest BCUT2D eigenvalue weighted by molar-refractivity contribution is 0.628. The Hall–Kier alpha value is -2.12. The summed E-state index contributed by atoms with van der Waals surface area (Å²) in [6, 6.07) is 22.3. The third-order valence-corrected chi connectivity index (χ3v) is 3.55. The molecule has 0 aliphatic carbocycles. The molecule has 0 aliphatic heterocycles. The van der Waals surface area contributed by atoms with Crippen LogP contribution in [-0.2, 0) is 0 Å². The van der Waals surface area contributed by atoms with E-state index in [1.165, 1.54) is 12.1 Å². The summed E-state index contributed by atoms with van der Waals surface area (Å²) >= 11 is 6.36. The smallest absolute Gasteiger partial charge is 0.123 e. The summed E-state index contributed by atoms with van der Waals surface area (Å²) in [4.78, 5) is 0. The minimum Gasteiger partial charge on any atom is -0.207 e. The van der Waals surface area contributed by atoms with Crippen molar-refractivity contribution in [2.24, 2.45) is 0 Å². The fourth-order valence-electron chi connectivity index (χ4n) is 2.29. The van der Waals surface area contributed by atoms with Crippen LogP contribution in [0.4, 0.5) is 4.39 Å². The van der Waals surface area contributed by atoms with Crippen LogP contribution in [-0.4, -0.2) is 0 Å². The molecule has 0 aliphatic rings. The summed E-state index contributed by atoms with van der Waals surface area (Å²) in [5.74, 6) is -0.248. The number of hydrogen-bond donors (Lipinski definition) is 0. The number of rotatable bonds is 2. The predicted molar refractivity (Wildman–Crippen MR) is 82.3 cm³/mol. The molecule has 0 aromatic heterocycles. The Kier molecular flexibility index (Phi) is 3.53. The lowest BCUT2D eigenvalue weighted by Gasteiger charge is -2.12. The van der Waals surface area contributed by atoms with Crippen LogP contribution in [0.2, 0.25) is 5.02 Å². The first-order valence-corrected chi connectivity index (χ1v) is 6.73. The second kappa shape index (κ2) is 5.48. The van der Waals surface area contributed by atoms with Crippen molar-refractivity contribution in [1.29, 1.82) is 0 Å². The summed E-state index contributed by atoms with van der Waals surface area (Å²) in [7, 11) is 0. The van der Waals surface area contributed by atoms with Gasteiger partial charge in [-0.2, -0.15) is 0 Å². The molecule has 0 radical (unpaired) electrons. The van der Waals surface area contributed by atoms with E-state index in [4.69, 9.17) is 11.6 Å². The van der Waals surface area contributed by atoms with Crippen LogP contribution >= 0.6 is 11.6 Å². The van der Waals surface area contributed by atoms with Gasteiger partial charge in [0, 0.05) is 10.6 Å². The first-order valence-electron chi connectivity index (χ1n) is 6.35. The highest BCUT2D eigenvalue weighted by Crippen LogP contribution is 2.37. The summed E-state index contributed by atoms with van der Waals surface area (Å²) in [5, 5.41) is 0.665. The van der Waals surface area contributed by atoms with Gasteiger partial charge in [0.25, 0.3) is 0 Å². The normalized spacial score (nSPS) is 10.5. The molecule has 0 spiro atoms. The van der Waals surface area contributed by atoms with Gasteiger partial charge in [-0.25, -0.2) is 4.39 Å². The van der Waals surface area contributed by atoms with Gasteiger partial charge in [0.1, 0.15) is 5.82 Å². The van der Waals surface area contributed by atoms with E-state index in [0.717, 1.165) is 22.3 Å². The zero-order valence-electron chi connectivity index (χ0n) is 10.7. The Morgan fingerprint density at radius 1 is 0.650 bits per heavy atom. The fraction of sp³-hybridized carbons (Fsp3) is 0. The molecule has 0 heterocycles. The van der Waals surface area contributed by atoms with Gasteiger partial charge in [-0.1, -0.05) is 66.2 Å². The third-order valence-electron chi connectivity index (χ3n) is 3.23. The van der Waals surface area contributed by atoms with Gasteiger partial charge in [-0.3, -0.25) is 0 Å². The molecule has 0 unspecified atom stereocenters. The van der Waals surface area contributed by atoms with E-state index in [-0.39, 0.29) is 5.82 Å². The van der Waals surface area contributed by atoms with E-state index in [0.29, 0.717) is 5.02 Å². The highest BCUT2D eigenvalue weighted by molar-refractivity contribution is 6.34. The van der Waals surface area contributed by atoms with Gasteiger partial charge < -0.3 is 0 Å². The molecule has 0 saturated heterocycles. The standard InChI is InChI=1S/C18H12ClF/c19-17-8-4-7-16(13-5-2-1-3-6-13)18(17)14-9-11-15(20)12-10-14/h1-12H. The quantitative estimate of drug-likeness (QED) is 0.556. The predicted octanol–water partition coefficient (Wildman–Crippen LogP) is 5.81. The number of hydrogen-bond acceptors (Lipinski definition) is 0. The van der Waals surface area contributed by atoms with Gasteiger partial charge in [-0.15, -0.1) is 0 Å². The SMILES string of the molecule is Fc1ccc(-c2c(Cl)cccc2-c2ccccc2)cc1. The molecular weight excluding hydrogens is 271 g/mol. The lowest BCUT2D eigenvalue weighted by atomic mass is 9.94. The maximum absolute atomic E-state index is 13.1. The highest BCUT2D eigenvalue weighted by Gasteiger charge is 2.11. The van der Waals surface area contributed by atoms with Gasteiger partial charge in [-0.05, 0) is 34.9 Å². The first kappa shape index (κ1) is 12.9. The van der Waals surface area contributed by atoms with E-state index in [1.807, 2.05) is 48.5 Å². The van der Waals surface area contributed by atoms with Crippen molar-refractivity contribution in [3.63, 3.8) is 0 Å². The van der Waals surface area contributed by atoms with Crippen molar-refractivity contribution in [2.75, 3.05) is 0 Å². The Morgan fingerprint density at radius 2 is 1.35 bits per heavy atom. The van der Waals surface area contributed by atoms with Crippen molar-refractivity contribution in [1.82, 2.24) is 0 Å². The molecule has 20 heavy (non-hydrogen) atoms. The molecule has 98 valence electrons. The van der Waals surface area contributed by atoms with Crippen LogP contribution in [0.15, 0.2) is 72.8 Å². The second-order valence-electron chi connectivity index (χ2n) is 4.54. The molecule has 0 bridgehead atoms. The summed E-state index contributed by atoms with van der Waals surface area (Å²) in [6.07, 6.45) is 0. The molecule has 3 aromatic rings. The van der Waals surface area contributed by atoms with E-state index < -0.39 is 0 Å². The minimum absolute atomic E-state index is 0.248. The molecule has 0 fully saturated rings. The van der Waals surface area contributed by atoms with E-state index in [9.17, 15) is 4.39 Å². The molecule has 0 atom stereocenters. The van der Waals surface area contributed by atoms with Gasteiger partial charge in [0.2, 0.25) is 0 Å². The minimum atomic E-state index is -0.248. The van der Waals surface area contributed by atoms with E-state index >= 15 is 0 Å².